The summed E-state index contributed by atoms with van der Waals surface area (Å²) in [5, 5.41) is 2.95. The van der Waals surface area contributed by atoms with Crippen molar-refractivity contribution in [2.45, 2.75) is 39.3 Å². The molecule has 0 fully saturated rings. The summed E-state index contributed by atoms with van der Waals surface area (Å²) in [6, 6.07) is 15.6. The molecule has 4 nitrogen and oxygen atoms in total. The molecule has 0 aliphatic carbocycles. The van der Waals surface area contributed by atoms with Crippen molar-refractivity contribution in [3.63, 3.8) is 0 Å². The second kappa shape index (κ2) is 8.34. The van der Waals surface area contributed by atoms with E-state index in [0.29, 0.717) is 19.4 Å². The molecule has 2 aromatic rings. The smallest absolute Gasteiger partial charge is 0.224 e. The average Bonchev–Trinajstić information content (AvgIpc) is 2.55. The van der Waals surface area contributed by atoms with Crippen LogP contribution in [0.3, 0.4) is 0 Å². The number of benzene rings is 2. The van der Waals surface area contributed by atoms with E-state index >= 15 is 0 Å². The van der Waals surface area contributed by atoms with Crippen LogP contribution in [0.4, 0.5) is 5.69 Å². The van der Waals surface area contributed by atoms with E-state index in [9.17, 15) is 4.79 Å². The van der Waals surface area contributed by atoms with E-state index < -0.39 is 0 Å². The van der Waals surface area contributed by atoms with Crippen LogP contribution < -0.4 is 15.8 Å². The van der Waals surface area contributed by atoms with Gasteiger partial charge in [0.25, 0.3) is 0 Å². The van der Waals surface area contributed by atoms with E-state index in [1.54, 1.807) is 0 Å². The Labute approximate surface area is 137 Å². The molecule has 122 valence electrons. The molecule has 1 atom stereocenters. The number of nitrogens with two attached hydrogens (primary N) is 1. The Kier molecular flexibility index (Phi) is 6.18. The summed E-state index contributed by atoms with van der Waals surface area (Å²) in [6.45, 7) is 4.37. The van der Waals surface area contributed by atoms with Crippen molar-refractivity contribution in [3.05, 3.63) is 59.7 Å². The minimum absolute atomic E-state index is 0.00784. The summed E-state index contributed by atoms with van der Waals surface area (Å²) in [7, 11) is 0. The molecule has 2 aromatic carbocycles. The van der Waals surface area contributed by atoms with Gasteiger partial charge in [-0.15, -0.1) is 0 Å². The third kappa shape index (κ3) is 5.42. The maximum Gasteiger partial charge on any atom is 0.224 e. The van der Waals surface area contributed by atoms with Gasteiger partial charge in [0.2, 0.25) is 5.91 Å². The number of nitrogens with one attached hydrogen (secondary N) is 1. The van der Waals surface area contributed by atoms with Gasteiger partial charge < -0.3 is 15.8 Å². The van der Waals surface area contributed by atoms with Crippen LogP contribution >= 0.6 is 0 Å². The maximum atomic E-state index is 12.0. The van der Waals surface area contributed by atoms with Crippen molar-refractivity contribution in [1.29, 1.82) is 0 Å². The van der Waals surface area contributed by atoms with Gasteiger partial charge in [-0.2, -0.15) is 0 Å². The predicted octanol–water partition coefficient (Wildman–Crippen LogP) is 3.64. The van der Waals surface area contributed by atoms with Crippen molar-refractivity contribution in [3.8, 4) is 5.75 Å². The minimum atomic E-state index is -0.00784. The van der Waals surface area contributed by atoms with Gasteiger partial charge in [0.15, 0.2) is 0 Å². The zero-order chi connectivity index (χ0) is 16.7. The van der Waals surface area contributed by atoms with Crippen LogP contribution in [-0.2, 0) is 11.4 Å². The van der Waals surface area contributed by atoms with Gasteiger partial charge in [-0.25, -0.2) is 0 Å². The third-order valence-electron chi connectivity index (χ3n) is 3.68. The summed E-state index contributed by atoms with van der Waals surface area (Å²) in [6.07, 6.45) is 1.11. The third-order valence-corrected chi connectivity index (χ3v) is 3.68. The van der Waals surface area contributed by atoms with Crippen LogP contribution in [0, 0.1) is 6.92 Å². The van der Waals surface area contributed by atoms with Crippen molar-refractivity contribution in [1.82, 2.24) is 0 Å². The van der Waals surface area contributed by atoms with Gasteiger partial charge in [-0.1, -0.05) is 30.3 Å². The molecule has 0 saturated carbocycles. The number of carbonyl (C=O) groups is 1. The van der Waals surface area contributed by atoms with Crippen LogP contribution in [0.1, 0.15) is 30.9 Å². The molecule has 2 rings (SSSR count). The lowest BCUT2D eigenvalue weighted by Crippen LogP contribution is -2.20. The summed E-state index contributed by atoms with van der Waals surface area (Å²) >= 11 is 0. The lowest BCUT2D eigenvalue weighted by molar-refractivity contribution is -0.116. The van der Waals surface area contributed by atoms with Gasteiger partial charge in [-0.05, 0) is 49.6 Å². The SMILES string of the molecule is Cc1c(COc2ccccc2)cccc1NC(=O)CCC(C)N. The lowest BCUT2D eigenvalue weighted by Gasteiger charge is -2.14. The molecule has 1 amide bonds. The molecular weight excluding hydrogens is 288 g/mol. The Balaban J connectivity index is 1.98. The second-order valence-electron chi connectivity index (χ2n) is 5.76. The monoisotopic (exact) mass is 312 g/mol. The highest BCUT2D eigenvalue weighted by Crippen LogP contribution is 2.21. The number of anilines is 1. The average molecular weight is 312 g/mol. The standard InChI is InChI=1S/C19H24N2O2/c1-14(20)11-12-19(22)21-18-10-6-7-16(15(18)2)13-23-17-8-4-3-5-9-17/h3-10,14H,11-13,20H2,1-2H3,(H,21,22). The first kappa shape index (κ1) is 17.0. The Morgan fingerprint density at radius 1 is 1.17 bits per heavy atom. The summed E-state index contributed by atoms with van der Waals surface area (Å²) < 4.78 is 5.78. The molecular formula is C19H24N2O2. The molecule has 3 N–H and O–H groups in total. The Morgan fingerprint density at radius 2 is 1.91 bits per heavy atom. The highest BCUT2D eigenvalue weighted by Gasteiger charge is 2.09. The number of hydrogen-bond donors (Lipinski definition) is 2. The highest BCUT2D eigenvalue weighted by molar-refractivity contribution is 5.91. The number of hydrogen-bond acceptors (Lipinski definition) is 3. The topological polar surface area (TPSA) is 64.3 Å². The first-order valence-electron chi connectivity index (χ1n) is 7.88. The van der Waals surface area contributed by atoms with Crippen molar-refractivity contribution in [2.24, 2.45) is 5.73 Å². The number of carbonyl (C=O) groups excluding carboxylic acids is 1. The van der Waals surface area contributed by atoms with Crippen molar-refractivity contribution >= 4 is 11.6 Å². The van der Waals surface area contributed by atoms with E-state index in [-0.39, 0.29) is 11.9 Å². The Hall–Kier alpha value is -2.33. The van der Waals surface area contributed by atoms with Gasteiger partial charge in [0.1, 0.15) is 12.4 Å². The second-order valence-corrected chi connectivity index (χ2v) is 5.76. The number of ether oxygens (including phenoxy) is 1. The van der Waals surface area contributed by atoms with Crippen LogP contribution in [0.5, 0.6) is 5.75 Å². The maximum absolute atomic E-state index is 12.0. The van der Waals surface area contributed by atoms with E-state index in [0.717, 1.165) is 22.6 Å². The lowest BCUT2D eigenvalue weighted by atomic mass is 10.1. The molecule has 23 heavy (non-hydrogen) atoms. The number of para-hydroxylation sites is 1. The first-order valence-corrected chi connectivity index (χ1v) is 7.88. The van der Waals surface area contributed by atoms with E-state index in [4.69, 9.17) is 10.5 Å². The fourth-order valence-corrected chi connectivity index (χ4v) is 2.22. The van der Waals surface area contributed by atoms with E-state index in [1.165, 1.54) is 0 Å². The van der Waals surface area contributed by atoms with Crippen LogP contribution in [0.25, 0.3) is 0 Å². The highest BCUT2D eigenvalue weighted by atomic mass is 16.5. The molecule has 4 heteroatoms. The molecule has 0 aliphatic heterocycles. The van der Waals surface area contributed by atoms with Crippen molar-refractivity contribution in [2.75, 3.05) is 5.32 Å². The Bertz CT molecular complexity index is 639. The Morgan fingerprint density at radius 3 is 2.61 bits per heavy atom. The fraction of sp³-hybridized carbons (Fsp3) is 0.316. The van der Waals surface area contributed by atoms with Crippen LogP contribution in [0.2, 0.25) is 0 Å². The van der Waals surface area contributed by atoms with E-state index in [1.807, 2.05) is 62.4 Å². The largest absolute Gasteiger partial charge is 0.489 e. The molecule has 0 bridgehead atoms. The van der Waals surface area contributed by atoms with Gasteiger partial charge >= 0.3 is 0 Å². The molecule has 0 radical (unpaired) electrons. The quantitative estimate of drug-likeness (QED) is 0.820. The summed E-state index contributed by atoms with van der Waals surface area (Å²) in [5.41, 5.74) is 8.59. The molecule has 0 saturated heterocycles. The molecule has 0 aliphatic rings. The van der Waals surface area contributed by atoms with Gasteiger partial charge in [0, 0.05) is 18.2 Å². The normalized spacial score (nSPS) is 11.8. The molecule has 0 aromatic heterocycles. The van der Waals surface area contributed by atoms with E-state index in [2.05, 4.69) is 5.32 Å². The fourth-order valence-electron chi connectivity index (χ4n) is 2.22. The van der Waals surface area contributed by atoms with Crippen molar-refractivity contribution < 1.29 is 9.53 Å². The van der Waals surface area contributed by atoms with Gasteiger partial charge in [-0.3, -0.25) is 4.79 Å². The first-order chi connectivity index (χ1) is 11.1. The van der Waals surface area contributed by atoms with Crippen LogP contribution in [-0.4, -0.2) is 11.9 Å². The summed E-state index contributed by atoms with van der Waals surface area (Å²) in [5.74, 6) is 0.824. The molecule has 0 spiro atoms. The minimum Gasteiger partial charge on any atom is -0.489 e. The summed E-state index contributed by atoms with van der Waals surface area (Å²) in [4.78, 5) is 12.0. The molecule has 0 heterocycles. The number of rotatable bonds is 7. The zero-order valence-electron chi connectivity index (χ0n) is 13.7. The van der Waals surface area contributed by atoms with Crippen LogP contribution in [0.15, 0.2) is 48.5 Å². The van der Waals surface area contributed by atoms with Gasteiger partial charge in [0.05, 0.1) is 0 Å². The number of amides is 1. The predicted molar refractivity (Wildman–Crippen MR) is 93.5 cm³/mol. The zero-order valence-corrected chi connectivity index (χ0v) is 13.7. The molecule has 1 unspecified atom stereocenters.